The van der Waals surface area contributed by atoms with Crippen molar-refractivity contribution >= 4 is 0 Å². The zero-order chi connectivity index (χ0) is 23.8. The van der Waals surface area contributed by atoms with Crippen molar-refractivity contribution in [3.05, 3.63) is 21.3 Å². The molecule has 4 atom stereocenters. The van der Waals surface area contributed by atoms with Gasteiger partial charge in [-0.1, -0.05) is 67.2 Å². The summed E-state index contributed by atoms with van der Waals surface area (Å²) in [4.78, 5) is 0. The third kappa shape index (κ3) is 18.1. The third-order valence-corrected chi connectivity index (χ3v) is 4.38. The molecule has 0 saturated carbocycles. The van der Waals surface area contributed by atoms with E-state index in [0.717, 1.165) is 0 Å². The van der Waals surface area contributed by atoms with Crippen LogP contribution in [0.15, 0.2) is 0 Å². The Bertz CT molecular complexity index is 361. The summed E-state index contributed by atoms with van der Waals surface area (Å²) in [5, 5.41) is 15.4. The SMILES string of the molecule is CC[N-]C(CC)CC([N-]CC)C(F)(F)F.CC[N-]C(CC)CC([N-]CC)C(F)(F)F.[Ni]. The van der Waals surface area contributed by atoms with Gasteiger partial charge in [-0.2, -0.15) is 52.5 Å². The summed E-state index contributed by atoms with van der Waals surface area (Å²) in [7, 11) is 0. The molecule has 4 unspecified atom stereocenters. The molecule has 0 aromatic carbocycles. The van der Waals surface area contributed by atoms with Crippen LogP contribution in [0.2, 0.25) is 0 Å². The Kier molecular flexibility index (Phi) is 22.2. The van der Waals surface area contributed by atoms with Gasteiger partial charge in [-0.15, -0.1) is 12.1 Å². The van der Waals surface area contributed by atoms with Crippen molar-refractivity contribution in [1.29, 1.82) is 0 Å². The maximum atomic E-state index is 12.5. The van der Waals surface area contributed by atoms with E-state index in [9.17, 15) is 26.3 Å². The summed E-state index contributed by atoms with van der Waals surface area (Å²) in [6, 6.07) is -3.56. The molecule has 194 valence electrons. The molecule has 4 nitrogen and oxygen atoms in total. The van der Waals surface area contributed by atoms with Crippen LogP contribution >= 0.6 is 0 Å². The number of hydrogen-bond acceptors (Lipinski definition) is 0. The van der Waals surface area contributed by atoms with Crippen LogP contribution in [0.5, 0.6) is 0 Å². The van der Waals surface area contributed by atoms with E-state index in [2.05, 4.69) is 21.3 Å². The van der Waals surface area contributed by atoms with E-state index in [1.807, 2.05) is 27.7 Å². The molecule has 0 spiro atoms. The minimum Gasteiger partial charge on any atom is -0.660 e. The Hall–Kier alpha value is -0.0865. The second-order valence-corrected chi connectivity index (χ2v) is 6.71. The average molecular weight is 507 g/mol. The van der Waals surface area contributed by atoms with Crippen LogP contribution in [0.4, 0.5) is 26.3 Å². The maximum absolute atomic E-state index is 12.5. The van der Waals surface area contributed by atoms with E-state index in [1.54, 1.807) is 13.8 Å². The van der Waals surface area contributed by atoms with Crippen molar-refractivity contribution in [1.82, 2.24) is 0 Å². The van der Waals surface area contributed by atoms with Crippen molar-refractivity contribution in [3.8, 4) is 0 Å². The van der Waals surface area contributed by atoms with Crippen LogP contribution in [0.3, 0.4) is 0 Å². The molecular weight excluding hydrogens is 469 g/mol. The van der Waals surface area contributed by atoms with Gasteiger partial charge in [-0.05, 0) is 12.1 Å². The summed E-state index contributed by atoms with van der Waals surface area (Å²) in [6.07, 6.45) is -7.21. The largest absolute Gasteiger partial charge is 0.660 e. The quantitative estimate of drug-likeness (QED) is 0.171. The van der Waals surface area contributed by atoms with Crippen molar-refractivity contribution in [2.75, 3.05) is 26.2 Å². The van der Waals surface area contributed by atoms with Gasteiger partial charge >= 0.3 is 12.4 Å². The monoisotopic (exact) mass is 506 g/mol. The van der Waals surface area contributed by atoms with Gasteiger partial charge in [0, 0.05) is 16.5 Å². The van der Waals surface area contributed by atoms with Gasteiger partial charge in [0.2, 0.25) is 0 Å². The van der Waals surface area contributed by atoms with Gasteiger partial charge in [-0.25, -0.2) is 0 Å². The molecule has 0 radical (unpaired) electrons. The molecule has 0 aliphatic rings. The Labute approximate surface area is 194 Å². The summed E-state index contributed by atoms with van der Waals surface area (Å²) < 4.78 is 75.1. The Balaban J connectivity index is -0.000000490. The zero-order valence-electron chi connectivity index (χ0n) is 19.3. The fourth-order valence-electron chi connectivity index (χ4n) is 2.84. The summed E-state index contributed by atoms with van der Waals surface area (Å²) in [5.74, 6) is 0. The van der Waals surface area contributed by atoms with Crippen molar-refractivity contribution < 1.29 is 42.8 Å². The third-order valence-electron chi connectivity index (χ3n) is 4.38. The topological polar surface area (TPSA) is 56.4 Å². The molecule has 0 aromatic rings. The van der Waals surface area contributed by atoms with Crippen LogP contribution in [0.1, 0.15) is 67.2 Å². The molecule has 0 saturated heterocycles. The summed E-state index contributed by atoms with van der Waals surface area (Å²) >= 11 is 0. The molecule has 0 rings (SSSR count). The van der Waals surface area contributed by atoms with E-state index in [1.165, 1.54) is 0 Å². The molecule has 0 aliphatic heterocycles. The van der Waals surface area contributed by atoms with Crippen molar-refractivity contribution in [2.45, 2.75) is 104 Å². The summed E-state index contributed by atoms with van der Waals surface area (Å²) in [5.41, 5.74) is 0. The normalized spacial score (nSPS) is 15.9. The standard InChI is InChI=1S/2C10H19F3N2.Ni/c2*1-4-8(14-5-2)7-9(15-6-3)10(11,12)13;/h2*8-9H,4-7H2,1-3H3;/q2*-2;. The van der Waals surface area contributed by atoms with E-state index < -0.39 is 24.4 Å². The van der Waals surface area contributed by atoms with Crippen LogP contribution in [-0.2, 0) is 16.5 Å². The first kappa shape index (κ1) is 35.5. The molecule has 0 aromatic heterocycles. The molecule has 31 heavy (non-hydrogen) atoms. The van der Waals surface area contributed by atoms with E-state index in [4.69, 9.17) is 0 Å². The van der Waals surface area contributed by atoms with Gasteiger partial charge in [-0.3, -0.25) is 0 Å². The van der Waals surface area contributed by atoms with E-state index >= 15 is 0 Å². The predicted octanol–water partition coefficient (Wildman–Crippen LogP) is 7.74. The number of hydrogen-bond donors (Lipinski definition) is 0. The fraction of sp³-hybridized carbons (Fsp3) is 1.00. The zero-order valence-corrected chi connectivity index (χ0v) is 20.3. The fourth-order valence-corrected chi connectivity index (χ4v) is 2.84. The maximum Gasteiger partial charge on any atom is 0.373 e. The van der Waals surface area contributed by atoms with E-state index in [-0.39, 0.29) is 54.5 Å². The summed E-state index contributed by atoms with van der Waals surface area (Å²) in [6.45, 7) is 12.1. The van der Waals surface area contributed by atoms with Crippen molar-refractivity contribution in [2.24, 2.45) is 0 Å². The van der Waals surface area contributed by atoms with Gasteiger partial charge < -0.3 is 21.3 Å². The molecule has 0 heterocycles. The number of nitrogens with zero attached hydrogens (tertiary/aromatic N) is 4. The number of rotatable bonds is 14. The molecular formula is C20H38F6N4Ni-4. The predicted molar refractivity (Wildman–Crippen MR) is 113 cm³/mol. The van der Waals surface area contributed by atoms with Crippen LogP contribution in [0.25, 0.3) is 21.3 Å². The smallest absolute Gasteiger partial charge is 0.373 e. The first-order chi connectivity index (χ1) is 13.9. The van der Waals surface area contributed by atoms with Gasteiger partial charge in [0.15, 0.2) is 0 Å². The van der Waals surface area contributed by atoms with Gasteiger partial charge in [0.05, 0.1) is 0 Å². The minimum atomic E-state index is -4.23. The Morgan fingerprint density at radius 1 is 0.516 bits per heavy atom. The molecule has 0 amide bonds. The molecule has 0 aliphatic carbocycles. The van der Waals surface area contributed by atoms with Crippen LogP contribution in [0, 0.1) is 0 Å². The minimum absolute atomic E-state index is 0. The first-order valence-corrected chi connectivity index (χ1v) is 10.7. The molecule has 0 fully saturated rings. The molecule has 11 heteroatoms. The van der Waals surface area contributed by atoms with Gasteiger partial charge in [0.1, 0.15) is 0 Å². The number of halogens is 6. The molecule has 0 bridgehead atoms. The first-order valence-electron chi connectivity index (χ1n) is 10.7. The van der Waals surface area contributed by atoms with Crippen molar-refractivity contribution in [3.63, 3.8) is 0 Å². The van der Waals surface area contributed by atoms with Crippen LogP contribution < -0.4 is 0 Å². The van der Waals surface area contributed by atoms with Crippen LogP contribution in [-0.4, -0.2) is 62.7 Å². The number of alkyl halides is 6. The second-order valence-electron chi connectivity index (χ2n) is 6.71. The Morgan fingerprint density at radius 2 is 0.774 bits per heavy atom. The average Bonchev–Trinajstić information content (AvgIpc) is 2.65. The Morgan fingerprint density at radius 3 is 0.935 bits per heavy atom. The van der Waals surface area contributed by atoms with E-state index in [0.29, 0.717) is 25.9 Å². The second kappa shape index (κ2) is 19.4. The van der Waals surface area contributed by atoms with Gasteiger partial charge in [0.25, 0.3) is 0 Å². The molecule has 0 N–H and O–H groups in total.